The molecule has 0 atom stereocenters. The Bertz CT molecular complexity index is 244. The van der Waals surface area contributed by atoms with E-state index < -0.39 is 0 Å². The van der Waals surface area contributed by atoms with Gasteiger partial charge in [0.2, 0.25) is 0 Å². The lowest BCUT2D eigenvalue weighted by Crippen LogP contribution is -2.00. The molecule has 1 rings (SSSR count). The molecule has 0 fully saturated rings. The molecule has 0 saturated carbocycles. The Kier molecular flexibility index (Phi) is 3.14. The van der Waals surface area contributed by atoms with Crippen LogP contribution in [0.15, 0.2) is 24.0 Å². The second-order valence-electron chi connectivity index (χ2n) is 2.02. The Morgan fingerprint density at radius 1 is 1.73 bits per heavy atom. The van der Waals surface area contributed by atoms with E-state index in [-0.39, 0.29) is 6.61 Å². The number of rotatable bonds is 3. The van der Waals surface area contributed by atoms with Crippen LogP contribution in [0.4, 0.5) is 0 Å². The molecule has 1 aromatic heterocycles. The number of imidazole rings is 1. The van der Waals surface area contributed by atoms with Crippen LogP contribution >= 0.6 is 11.6 Å². The summed E-state index contributed by atoms with van der Waals surface area (Å²) in [6.07, 6.45) is 5.22. The fraction of sp³-hybridized carbons (Fsp3) is 0.286. The van der Waals surface area contributed by atoms with Crippen LogP contribution in [-0.2, 0) is 13.2 Å². The van der Waals surface area contributed by atoms with Crippen molar-refractivity contribution >= 4 is 11.6 Å². The van der Waals surface area contributed by atoms with Crippen molar-refractivity contribution in [3.05, 3.63) is 29.8 Å². The number of nitrogens with zero attached hydrogens (tertiary/aromatic N) is 2. The molecule has 1 heterocycles. The molecule has 0 saturated heterocycles. The third-order valence-electron chi connectivity index (χ3n) is 1.33. The van der Waals surface area contributed by atoms with Crippen LogP contribution in [0.5, 0.6) is 0 Å². The van der Waals surface area contributed by atoms with E-state index in [1.807, 2.05) is 4.57 Å². The maximum absolute atomic E-state index is 8.77. The van der Waals surface area contributed by atoms with Crippen molar-refractivity contribution in [3.63, 3.8) is 0 Å². The zero-order chi connectivity index (χ0) is 8.10. The van der Waals surface area contributed by atoms with Gasteiger partial charge in [-0.2, -0.15) is 0 Å². The van der Waals surface area contributed by atoms with Gasteiger partial charge in [0.15, 0.2) is 0 Å². The highest BCUT2D eigenvalue weighted by Crippen LogP contribution is 1.97. The lowest BCUT2D eigenvalue weighted by molar-refractivity contribution is 0.266. The first kappa shape index (κ1) is 8.30. The zero-order valence-corrected chi connectivity index (χ0v) is 6.70. The lowest BCUT2D eigenvalue weighted by Gasteiger charge is -1.99. The monoisotopic (exact) mass is 172 g/mol. The Balaban J connectivity index is 2.68. The summed E-state index contributed by atoms with van der Waals surface area (Å²) in [5.41, 5.74) is 1.45. The number of aromatic nitrogens is 2. The van der Waals surface area contributed by atoms with E-state index in [1.54, 1.807) is 18.5 Å². The van der Waals surface area contributed by atoms with Crippen molar-refractivity contribution < 1.29 is 5.11 Å². The molecule has 0 aliphatic heterocycles. The minimum absolute atomic E-state index is 0.0386. The SMILES string of the molecule is OCc1nccn1CC=CCl. The summed E-state index contributed by atoms with van der Waals surface area (Å²) in [7, 11) is 0. The fourth-order valence-corrected chi connectivity index (χ4v) is 0.891. The predicted octanol–water partition coefficient (Wildman–Crippen LogP) is 1.13. The van der Waals surface area contributed by atoms with Crippen molar-refractivity contribution in [1.82, 2.24) is 9.55 Å². The van der Waals surface area contributed by atoms with Crippen LogP contribution in [0.25, 0.3) is 0 Å². The van der Waals surface area contributed by atoms with Crippen LogP contribution in [0.3, 0.4) is 0 Å². The smallest absolute Gasteiger partial charge is 0.134 e. The molecule has 1 N–H and O–H groups in total. The summed E-state index contributed by atoms with van der Waals surface area (Å²) in [5.74, 6) is 0.653. The maximum Gasteiger partial charge on any atom is 0.134 e. The molecule has 0 aliphatic rings. The van der Waals surface area contributed by atoms with Crippen molar-refractivity contribution in [1.29, 1.82) is 0 Å². The Morgan fingerprint density at radius 3 is 3.18 bits per heavy atom. The minimum Gasteiger partial charge on any atom is -0.388 e. The molecular formula is C7H9ClN2O. The molecule has 0 amide bonds. The van der Waals surface area contributed by atoms with E-state index in [0.29, 0.717) is 12.4 Å². The Hall–Kier alpha value is -0.800. The molecule has 0 spiro atoms. The molecule has 0 aromatic carbocycles. The van der Waals surface area contributed by atoms with Gasteiger partial charge in [-0.3, -0.25) is 0 Å². The molecule has 3 nitrogen and oxygen atoms in total. The van der Waals surface area contributed by atoms with Gasteiger partial charge in [-0.25, -0.2) is 4.98 Å². The Morgan fingerprint density at radius 2 is 2.55 bits per heavy atom. The van der Waals surface area contributed by atoms with Crippen LogP contribution in [0.2, 0.25) is 0 Å². The fourth-order valence-electron chi connectivity index (χ4n) is 0.811. The summed E-state index contributed by atoms with van der Waals surface area (Å²) in [4.78, 5) is 3.92. The van der Waals surface area contributed by atoms with E-state index >= 15 is 0 Å². The summed E-state index contributed by atoms with van der Waals surface area (Å²) in [6, 6.07) is 0. The quantitative estimate of drug-likeness (QED) is 0.742. The van der Waals surface area contributed by atoms with E-state index in [4.69, 9.17) is 16.7 Å². The Labute approximate surface area is 69.9 Å². The predicted molar refractivity (Wildman–Crippen MR) is 43.1 cm³/mol. The number of aliphatic hydroxyl groups excluding tert-OH is 1. The molecule has 0 unspecified atom stereocenters. The third kappa shape index (κ3) is 2.06. The van der Waals surface area contributed by atoms with Crippen molar-refractivity contribution in [2.75, 3.05) is 0 Å². The molecule has 4 heteroatoms. The van der Waals surface area contributed by atoms with Gasteiger partial charge < -0.3 is 9.67 Å². The van der Waals surface area contributed by atoms with Crippen molar-refractivity contribution in [2.24, 2.45) is 0 Å². The number of hydrogen-bond donors (Lipinski definition) is 1. The van der Waals surface area contributed by atoms with Crippen molar-refractivity contribution in [3.8, 4) is 0 Å². The van der Waals surface area contributed by atoms with Gasteiger partial charge in [0.25, 0.3) is 0 Å². The summed E-state index contributed by atoms with van der Waals surface area (Å²) < 4.78 is 1.82. The molecule has 60 valence electrons. The normalized spacial score (nSPS) is 11.1. The van der Waals surface area contributed by atoms with E-state index in [1.165, 1.54) is 5.54 Å². The average molecular weight is 173 g/mol. The first-order chi connectivity index (χ1) is 5.38. The van der Waals surface area contributed by atoms with Crippen LogP contribution in [-0.4, -0.2) is 14.7 Å². The van der Waals surface area contributed by atoms with Gasteiger partial charge in [0, 0.05) is 24.5 Å². The first-order valence-corrected chi connectivity index (χ1v) is 3.68. The number of halogens is 1. The molecule has 0 radical (unpaired) electrons. The van der Waals surface area contributed by atoms with Crippen LogP contribution in [0, 0.1) is 0 Å². The summed E-state index contributed by atoms with van der Waals surface area (Å²) >= 11 is 5.34. The van der Waals surface area contributed by atoms with Gasteiger partial charge in [0.05, 0.1) is 0 Å². The highest BCUT2D eigenvalue weighted by Gasteiger charge is 1.96. The largest absolute Gasteiger partial charge is 0.388 e. The number of hydrogen-bond acceptors (Lipinski definition) is 2. The van der Waals surface area contributed by atoms with Gasteiger partial charge >= 0.3 is 0 Å². The van der Waals surface area contributed by atoms with E-state index in [2.05, 4.69) is 4.98 Å². The summed E-state index contributed by atoms with van der Waals surface area (Å²) in [5, 5.41) is 8.77. The van der Waals surface area contributed by atoms with Gasteiger partial charge in [-0.1, -0.05) is 17.7 Å². The number of allylic oxidation sites excluding steroid dienone is 1. The van der Waals surface area contributed by atoms with E-state index in [9.17, 15) is 0 Å². The highest BCUT2D eigenvalue weighted by molar-refractivity contribution is 6.25. The molecule has 0 aliphatic carbocycles. The zero-order valence-electron chi connectivity index (χ0n) is 5.94. The van der Waals surface area contributed by atoms with Crippen molar-refractivity contribution in [2.45, 2.75) is 13.2 Å². The molecule has 0 bridgehead atoms. The van der Waals surface area contributed by atoms with E-state index in [0.717, 1.165) is 0 Å². The molecular weight excluding hydrogens is 164 g/mol. The lowest BCUT2D eigenvalue weighted by atomic mass is 10.5. The topological polar surface area (TPSA) is 38.1 Å². The maximum atomic E-state index is 8.77. The van der Waals surface area contributed by atoms with Gasteiger partial charge in [0.1, 0.15) is 12.4 Å². The molecule has 11 heavy (non-hydrogen) atoms. The molecule has 1 aromatic rings. The third-order valence-corrected chi connectivity index (χ3v) is 1.51. The highest BCUT2D eigenvalue weighted by atomic mass is 35.5. The van der Waals surface area contributed by atoms with Crippen LogP contribution in [0.1, 0.15) is 5.82 Å². The van der Waals surface area contributed by atoms with Crippen LogP contribution < -0.4 is 0 Å². The van der Waals surface area contributed by atoms with Gasteiger partial charge in [-0.05, 0) is 0 Å². The standard InChI is InChI=1S/C7H9ClN2O/c8-2-1-4-10-5-3-9-7(10)6-11/h1-3,5,11H,4,6H2. The number of aliphatic hydroxyl groups is 1. The first-order valence-electron chi connectivity index (χ1n) is 3.24. The average Bonchev–Trinajstić information content (AvgIpc) is 2.47. The van der Waals surface area contributed by atoms with Gasteiger partial charge in [-0.15, -0.1) is 0 Å². The second-order valence-corrected chi connectivity index (χ2v) is 2.27. The second kappa shape index (κ2) is 4.16. The minimum atomic E-state index is -0.0386. The summed E-state index contributed by atoms with van der Waals surface area (Å²) in [6.45, 7) is 0.614.